The van der Waals surface area contributed by atoms with E-state index in [1.54, 1.807) is 17.3 Å². The molecule has 0 aliphatic carbocycles. The molecule has 6 heteroatoms. The summed E-state index contributed by atoms with van der Waals surface area (Å²) in [5, 5.41) is 15.4. The lowest BCUT2D eigenvalue weighted by Gasteiger charge is -2.34. The Morgan fingerprint density at radius 3 is 3.21 bits per heavy atom. The van der Waals surface area contributed by atoms with E-state index in [0.717, 1.165) is 39.0 Å². The number of carbonyl (C=O) groups is 1. The summed E-state index contributed by atoms with van der Waals surface area (Å²) in [7, 11) is 1.83. The number of amides is 1. The SMILES string of the molecule is CN(C[C@@H]1CCCN(CCO)C1)C(=O)c1cn[nH]c1. The molecule has 1 fully saturated rings. The van der Waals surface area contributed by atoms with Crippen LogP contribution in [0.4, 0.5) is 0 Å². The Hall–Kier alpha value is -1.40. The molecule has 2 heterocycles. The van der Waals surface area contributed by atoms with Gasteiger partial charge >= 0.3 is 0 Å². The second-order valence-electron chi connectivity index (χ2n) is 5.21. The number of piperidine rings is 1. The van der Waals surface area contributed by atoms with Crippen LogP contribution in [0.3, 0.4) is 0 Å². The van der Waals surface area contributed by atoms with Crippen molar-refractivity contribution in [3.63, 3.8) is 0 Å². The molecule has 6 nitrogen and oxygen atoms in total. The molecule has 0 unspecified atom stereocenters. The van der Waals surface area contributed by atoms with Crippen molar-refractivity contribution in [3.05, 3.63) is 18.0 Å². The Morgan fingerprint density at radius 1 is 1.68 bits per heavy atom. The molecule has 1 amide bonds. The van der Waals surface area contributed by atoms with Crippen LogP contribution in [-0.4, -0.2) is 70.8 Å². The summed E-state index contributed by atoms with van der Waals surface area (Å²) < 4.78 is 0. The average molecular weight is 266 g/mol. The fourth-order valence-electron chi connectivity index (χ4n) is 2.70. The van der Waals surface area contributed by atoms with Gasteiger partial charge in [0, 0.05) is 32.9 Å². The summed E-state index contributed by atoms with van der Waals surface area (Å²) in [6.07, 6.45) is 5.46. The first-order valence-electron chi connectivity index (χ1n) is 6.78. The van der Waals surface area contributed by atoms with E-state index >= 15 is 0 Å². The summed E-state index contributed by atoms with van der Waals surface area (Å²) in [5.41, 5.74) is 0.602. The van der Waals surface area contributed by atoms with Gasteiger partial charge < -0.3 is 14.9 Å². The van der Waals surface area contributed by atoms with Gasteiger partial charge in [0.25, 0.3) is 5.91 Å². The normalized spacial score (nSPS) is 20.4. The minimum atomic E-state index is 0.00744. The van der Waals surface area contributed by atoms with E-state index in [9.17, 15) is 4.79 Å². The topological polar surface area (TPSA) is 72.5 Å². The van der Waals surface area contributed by atoms with E-state index in [1.165, 1.54) is 0 Å². The number of nitrogens with one attached hydrogen (secondary N) is 1. The molecule has 1 aliphatic heterocycles. The van der Waals surface area contributed by atoms with Crippen molar-refractivity contribution in [2.45, 2.75) is 12.8 Å². The van der Waals surface area contributed by atoms with E-state index < -0.39 is 0 Å². The van der Waals surface area contributed by atoms with Gasteiger partial charge in [-0.05, 0) is 25.3 Å². The van der Waals surface area contributed by atoms with Gasteiger partial charge in [-0.2, -0.15) is 5.10 Å². The maximum absolute atomic E-state index is 12.1. The van der Waals surface area contributed by atoms with Gasteiger partial charge in [0.2, 0.25) is 0 Å². The molecule has 0 radical (unpaired) electrons. The molecule has 1 saturated heterocycles. The van der Waals surface area contributed by atoms with Crippen molar-refractivity contribution in [2.75, 3.05) is 39.8 Å². The molecule has 19 heavy (non-hydrogen) atoms. The summed E-state index contributed by atoms with van der Waals surface area (Å²) in [5.74, 6) is 0.495. The Morgan fingerprint density at radius 2 is 2.53 bits per heavy atom. The highest BCUT2D eigenvalue weighted by molar-refractivity contribution is 5.93. The largest absolute Gasteiger partial charge is 0.395 e. The quantitative estimate of drug-likeness (QED) is 0.798. The van der Waals surface area contributed by atoms with Crippen LogP contribution in [0.15, 0.2) is 12.4 Å². The minimum absolute atomic E-state index is 0.00744. The zero-order valence-corrected chi connectivity index (χ0v) is 11.4. The van der Waals surface area contributed by atoms with Crippen LogP contribution in [-0.2, 0) is 0 Å². The summed E-state index contributed by atoms with van der Waals surface area (Å²) >= 11 is 0. The number of aromatic nitrogens is 2. The van der Waals surface area contributed by atoms with Crippen LogP contribution in [0.2, 0.25) is 0 Å². The zero-order chi connectivity index (χ0) is 13.7. The lowest BCUT2D eigenvalue weighted by molar-refractivity contribution is 0.0716. The molecular formula is C13H22N4O2. The number of hydrogen-bond donors (Lipinski definition) is 2. The second-order valence-corrected chi connectivity index (χ2v) is 5.21. The van der Waals surface area contributed by atoms with Crippen LogP contribution in [0.25, 0.3) is 0 Å². The number of likely N-dealkylation sites (tertiary alicyclic amines) is 1. The Labute approximate surface area is 113 Å². The first-order chi connectivity index (χ1) is 9.20. The molecule has 106 valence electrons. The molecule has 0 bridgehead atoms. The number of H-pyrrole nitrogens is 1. The molecular weight excluding hydrogens is 244 g/mol. The number of aromatic amines is 1. The third-order valence-corrected chi connectivity index (χ3v) is 3.64. The predicted molar refractivity (Wildman–Crippen MR) is 71.8 cm³/mol. The first-order valence-corrected chi connectivity index (χ1v) is 6.78. The van der Waals surface area contributed by atoms with E-state index in [1.807, 2.05) is 7.05 Å². The lowest BCUT2D eigenvalue weighted by atomic mass is 9.97. The standard InChI is InChI=1S/C13H22N4O2/c1-16(13(19)12-7-14-15-8-12)9-11-3-2-4-17(10-11)5-6-18/h7-8,11,18H,2-6,9-10H2,1H3,(H,14,15)/t11-/m0/s1. The van der Waals surface area contributed by atoms with Crippen molar-refractivity contribution in [3.8, 4) is 0 Å². The Balaban J connectivity index is 1.84. The van der Waals surface area contributed by atoms with Gasteiger partial charge in [-0.3, -0.25) is 9.89 Å². The molecule has 2 N–H and O–H groups in total. The number of β-amino-alcohol motifs (C(OH)–C–C–N with tert-alkyl or cyclic N) is 1. The lowest BCUT2D eigenvalue weighted by Crippen LogP contribution is -2.42. The molecule has 1 atom stereocenters. The van der Waals surface area contributed by atoms with E-state index in [2.05, 4.69) is 15.1 Å². The number of hydrogen-bond acceptors (Lipinski definition) is 4. The van der Waals surface area contributed by atoms with Gasteiger partial charge in [0.1, 0.15) is 0 Å². The van der Waals surface area contributed by atoms with Gasteiger partial charge in [0.05, 0.1) is 18.4 Å². The average Bonchev–Trinajstić information content (AvgIpc) is 2.92. The predicted octanol–water partition coefficient (Wildman–Crippen LogP) is 0.186. The Bertz CT molecular complexity index is 391. The van der Waals surface area contributed by atoms with E-state index in [0.29, 0.717) is 11.5 Å². The third kappa shape index (κ3) is 3.78. The van der Waals surface area contributed by atoms with Crippen LogP contribution in [0, 0.1) is 5.92 Å². The fraction of sp³-hybridized carbons (Fsp3) is 0.692. The van der Waals surface area contributed by atoms with Crippen LogP contribution >= 0.6 is 0 Å². The highest BCUT2D eigenvalue weighted by atomic mass is 16.3. The Kier molecular flexibility index (Phi) is 4.93. The van der Waals surface area contributed by atoms with Crippen molar-refractivity contribution < 1.29 is 9.90 Å². The monoisotopic (exact) mass is 266 g/mol. The van der Waals surface area contributed by atoms with Crippen LogP contribution in [0.1, 0.15) is 23.2 Å². The zero-order valence-electron chi connectivity index (χ0n) is 11.4. The smallest absolute Gasteiger partial charge is 0.256 e. The third-order valence-electron chi connectivity index (χ3n) is 3.64. The van der Waals surface area contributed by atoms with Crippen molar-refractivity contribution >= 4 is 5.91 Å². The van der Waals surface area contributed by atoms with Crippen molar-refractivity contribution in [1.82, 2.24) is 20.0 Å². The second kappa shape index (κ2) is 6.68. The summed E-state index contributed by atoms with van der Waals surface area (Å²) in [6, 6.07) is 0. The summed E-state index contributed by atoms with van der Waals surface area (Å²) in [4.78, 5) is 16.1. The highest BCUT2D eigenvalue weighted by Gasteiger charge is 2.23. The molecule has 1 aromatic heterocycles. The number of nitrogens with zero attached hydrogens (tertiary/aromatic N) is 3. The molecule has 1 aliphatic rings. The van der Waals surface area contributed by atoms with Gasteiger partial charge in [-0.15, -0.1) is 0 Å². The molecule has 1 aromatic rings. The van der Waals surface area contributed by atoms with Gasteiger partial charge in [-0.1, -0.05) is 0 Å². The molecule has 2 rings (SSSR count). The first kappa shape index (κ1) is 14.0. The molecule has 0 saturated carbocycles. The van der Waals surface area contributed by atoms with E-state index in [-0.39, 0.29) is 12.5 Å². The maximum atomic E-state index is 12.1. The van der Waals surface area contributed by atoms with Crippen molar-refractivity contribution in [2.24, 2.45) is 5.92 Å². The van der Waals surface area contributed by atoms with E-state index in [4.69, 9.17) is 5.11 Å². The molecule has 0 spiro atoms. The van der Waals surface area contributed by atoms with Crippen LogP contribution < -0.4 is 0 Å². The minimum Gasteiger partial charge on any atom is -0.395 e. The highest BCUT2D eigenvalue weighted by Crippen LogP contribution is 2.17. The van der Waals surface area contributed by atoms with Crippen LogP contribution in [0.5, 0.6) is 0 Å². The number of aliphatic hydroxyl groups excluding tert-OH is 1. The molecule has 0 aromatic carbocycles. The van der Waals surface area contributed by atoms with Gasteiger partial charge in [0.15, 0.2) is 0 Å². The summed E-state index contributed by atoms with van der Waals surface area (Å²) in [6.45, 7) is 3.71. The van der Waals surface area contributed by atoms with Crippen molar-refractivity contribution in [1.29, 1.82) is 0 Å². The fourth-order valence-corrected chi connectivity index (χ4v) is 2.70. The number of aliphatic hydroxyl groups is 1. The number of carbonyl (C=O) groups excluding carboxylic acids is 1. The number of rotatable bonds is 5. The van der Waals surface area contributed by atoms with Gasteiger partial charge in [-0.25, -0.2) is 0 Å². The maximum Gasteiger partial charge on any atom is 0.256 e.